The molecular weight excluding hydrogens is 252 g/mol. The van der Waals surface area contributed by atoms with Crippen LogP contribution in [-0.2, 0) is 20.4 Å². The van der Waals surface area contributed by atoms with E-state index in [0.717, 1.165) is 0 Å². The Hall–Kier alpha value is -0.910. The van der Waals surface area contributed by atoms with E-state index in [-0.39, 0.29) is 11.8 Å². The van der Waals surface area contributed by atoms with Crippen LogP contribution in [0.4, 0.5) is 0 Å². The summed E-state index contributed by atoms with van der Waals surface area (Å²) in [6, 6.07) is 0. The molecule has 0 aromatic heterocycles. The van der Waals surface area contributed by atoms with E-state index in [1.807, 2.05) is 6.92 Å². The van der Waals surface area contributed by atoms with Gasteiger partial charge in [-0.05, 0) is 19.8 Å². The third kappa shape index (κ3) is 3.80. The molecule has 1 fully saturated rings. The third-order valence-electron chi connectivity index (χ3n) is 3.35. The van der Waals surface area contributed by atoms with Crippen molar-refractivity contribution in [3.8, 4) is 0 Å². The van der Waals surface area contributed by atoms with Gasteiger partial charge in [-0.3, -0.25) is 13.8 Å². The molecule has 1 rings (SSSR count). The summed E-state index contributed by atoms with van der Waals surface area (Å²) in [5, 5.41) is 2.79. The van der Waals surface area contributed by atoms with E-state index < -0.39 is 16.3 Å². The van der Waals surface area contributed by atoms with E-state index in [4.69, 9.17) is 0 Å². The molecule has 1 N–H and O–H groups in total. The van der Waals surface area contributed by atoms with E-state index in [1.54, 1.807) is 18.1 Å². The van der Waals surface area contributed by atoms with Crippen molar-refractivity contribution in [3.63, 3.8) is 0 Å². The van der Waals surface area contributed by atoms with Crippen molar-refractivity contribution >= 4 is 22.6 Å². The predicted octanol–water partition coefficient (Wildman–Crippen LogP) is 0.272. The second-order valence-electron chi connectivity index (χ2n) is 4.91. The standard InChI is InChI=1S/C12H22N2O3S/c1-4-12(2)11(16)14(7-5-9-18(3)17)8-6-10(15)13-12/h4-9H2,1-3H3,(H,13,15). The number of hydrogen-bond acceptors (Lipinski definition) is 3. The number of rotatable bonds is 5. The minimum Gasteiger partial charge on any atom is -0.342 e. The molecule has 2 atom stereocenters. The molecule has 104 valence electrons. The van der Waals surface area contributed by atoms with E-state index >= 15 is 0 Å². The first-order valence-electron chi connectivity index (χ1n) is 6.29. The van der Waals surface area contributed by atoms with E-state index in [9.17, 15) is 13.8 Å². The molecule has 2 amide bonds. The van der Waals surface area contributed by atoms with Crippen molar-refractivity contribution in [1.29, 1.82) is 0 Å². The molecule has 1 aliphatic heterocycles. The molecule has 0 aromatic carbocycles. The Bertz CT molecular complexity index is 359. The van der Waals surface area contributed by atoms with Crippen LogP contribution in [0.5, 0.6) is 0 Å². The number of nitrogens with one attached hydrogen (secondary N) is 1. The zero-order chi connectivity index (χ0) is 13.8. The highest BCUT2D eigenvalue weighted by molar-refractivity contribution is 7.84. The molecule has 2 unspecified atom stereocenters. The number of carbonyl (C=O) groups is 2. The fraction of sp³-hybridized carbons (Fsp3) is 0.833. The van der Waals surface area contributed by atoms with Gasteiger partial charge in [-0.1, -0.05) is 6.92 Å². The summed E-state index contributed by atoms with van der Waals surface area (Å²) >= 11 is 0. The maximum absolute atomic E-state index is 12.4. The van der Waals surface area contributed by atoms with Crippen LogP contribution in [-0.4, -0.2) is 51.6 Å². The summed E-state index contributed by atoms with van der Waals surface area (Å²) in [6.45, 7) is 4.69. The van der Waals surface area contributed by atoms with Crippen molar-refractivity contribution in [2.45, 2.75) is 38.6 Å². The van der Waals surface area contributed by atoms with Crippen LogP contribution in [0, 0.1) is 0 Å². The summed E-state index contributed by atoms with van der Waals surface area (Å²) in [7, 11) is -0.834. The third-order valence-corrected chi connectivity index (χ3v) is 4.21. The zero-order valence-electron chi connectivity index (χ0n) is 11.3. The average molecular weight is 274 g/mol. The molecule has 0 aromatic rings. The number of amides is 2. The lowest BCUT2D eigenvalue weighted by Crippen LogP contribution is -2.54. The van der Waals surface area contributed by atoms with Gasteiger partial charge < -0.3 is 10.2 Å². The highest BCUT2D eigenvalue weighted by Gasteiger charge is 2.38. The van der Waals surface area contributed by atoms with Crippen LogP contribution in [0.3, 0.4) is 0 Å². The fourth-order valence-electron chi connectivity index (χ4n) is 2.02. The lowest BCUT2D eigenvalue weighted by atomic mass is 9.97. The first-order valence-corrected chi connectivity index (χ1v) is 8.02. The van der Waals surface area contributed by atoms with E-state index in [2.05, 4.69) is 5.32 Å². The van der Waals surface area contributed by atoms with E-state index in [1.165, 1.54) is 0 Å². The average Bonchev–Trinajstić information content (AvgIpc) is 2.41. The SMILES string of the molecule is CCC1(C)NC(=O)CCN(CCCS(C)=O)C1=O. The second-order valence-corrected chi connectivity index (χ2v) is 6.46. The number of carbonyl (C=O) groups excluding carboxylic acids is 2. The lowest BCUT2D eigenvalue weighted by Gasteiger charge is -2.31. The van der Waals surface area contributed by atoms with Gasteiger partial charge in [-0.15, -0.1) is 0 Å². The zero-order valence-corrected chi connectivity index (χ0v) is 12.1. The molecular formula is C12H22N2O3S. The Morgan fingerprint density at radius 3 is 2.67 bits per heavy atom. The van der Waals surface area contributed by atoms with Crippen LogP contribution in [0.2, 0.25) is 0 Å². The Balaban J connectivity index is 2.69. The molecule has 0 aliphatic carbocycles. The molecule has 1 aliphatic rings. The van der Waals surface area contributed by atoms with Gasteiger partial charge in [0.25, 0.3) is 0 Å². The number of hydrogen-bond donors (Lipinski definition) is 1. The van der Waals surface area contributed by atoms with Gasteiger partial charge >= 0.3 is 0 Å². The molecule has 0 spiro atoms. The minimum atomic E-state index is -0.834. The first kappa shape index (κ1) is 15.1. The minimum absolute atomic E-state index is 0.0299. The van der Waals surface area contributed by atoms with Crippen LogP contribution in [0.15, 0.2) is 0 Å². The first-order chi connectivity index (χ1) is 8.39. The number of nitrogens with zero attached hydrogens (tertiary/aromatic N) is 1. The molecule has 0 radical (unpaired) electrons. The van der Waals surface area contributed by atoms with Gasteiger partial charge in [0, 0.05) is 42.3 Å². The molecule has 1 heterocycles. The highest BCUT2D eigenvalue weighted by atomic mass is 32.2. The predicted molar refractivity (Wildman–Crippen MR) is 71.6 cm³/mol. The normalized spacial score (nSPS) is 26.7. The molecule has 0 bridgehead atoms. The van der Waals surface area contributed by atoms with Gasteiger partial charge in [0.1, 0.15) is 5.54 Å². The summed E-state index contributed by atoms with van der Waals surface area (Å²) in [5.74, 6) is 0.487. The second kappa shape index (κ2) is 6.31. The summed E-state index contributed by atoms with van der Waals surface area (Å²) in [5.41, 5.74) is -0.793. The summed E-state index contributed by atoms with van der Waals surface area (Å²) in [4.78, 5) is 25.7. The smallest absolute Gasteiger partial charge is 0.248 e. The van der Waals surface area contributed by atoms with Crippen molar-refractivity contribution in [3.05, 3.63) is 0 Å². The van der Waals surface area contributed by atoms with Crippen LogP contribution < -0.4 is 5.32 Å². The lowest BCUT2D eigenvalue weighted by molar-refractivity contribution is -0.138. The highest BCUT2D eigenvalue weighted by Crippen LogP contribution is 2.17. The monoisotopic (exact) mass is 274 g/mol. The molecule has 6 heteroatoms. The molecule has 18 heavy (non-hydrogen) atoms. The molecule has 5 nitrogen and oxygen atoms in total. The van der Waals surface area contributed by atoms with Gasteiger partial charge in [0.05, 0.1) is 0 Å². The van der Waals surface area contributed by atoms with Crippen molar-refractivity contribution < 1.29 is 13.8 Å². The summed E-state index contributed by atoms with van der Waals surface area (Å²) < 4.78 is 11.0. The van der Waals surface area contributed by atoms with E-state index in [0.29, 0.717) is 38.1 Å². The van der Waals surface area contributed by atoms with Crippen LogP contribution in [0.25, 0.3) is 0 Å². The van der Waals surface area contributed by atoms with Gasteiger partial charge in [-0.2, -0.15) is 0 Å². The Labute approximate surface area is 111 Å². The quantitative estimate of drug-likeness (QED) is 0.782. The largest absolute Gasteiger partial charge is 0.342 e. The molecule has 1 saturated heterocycles. The Morgan fingerprint density at radius 2 is 2.11 bits per heavy atom. The van der Waals surface area contributed by atoms with Crippen molar-refractivity contribution in [2.75, 3.05) is 25.1 Å². The maximum Gasteiger partial charge on any atom is 0.248 e. The van der Waals surface area contributed by atoms with Gasteiger partial charge in [0.15, 0.2) is 0 Å². The van der Waals surface area contributed by atoms with Gasteiger partial charge in [0.2, 0.25) is 11.8 Å². The maximum atomic E-state index is 12.4. The molecule has 0 saturated carbocycles. The van der Waals surface area contributed by atoms with Crippen LogP contribution >= 0.6 is 0 Å². The van der Waals surface area contributed by atoms with Crippen molar-refractivity contribution in [2.24, 2.45) is 0 Å². The van der Waals surface area contributed by atoms with Crippen LogP contribution in [0.1, 0.15) is 33.1 Å². The topological polar surface area (TPSA) is 66.5 Å². The Kier molecular flexibility index (Phi) is 5.31. The van der Waals surface area contributed by atoms with Gasteiger partial charge in [-0.25, -0.2) is 0 Å². The fourth-order valence-corrected chi connectivity index (χ4v) is 2.56. The van der Waals surface area contributed by atoms with Crippen molar-refractivity contribution in [1.82, 2.24) is 10.2 Å². The summed E-state index contributed by atoms with van der Waals surface area (Å²) in [6.07, 6.45) is 3.29. The Morgan fingerprint density at radius 1 is 1.44 bits per heavy atom.